The maximum atomic E-state index is 12.9. The number of aromatic nitrogens is 6. The van der Waals surface area contributed by atoms with Crippen LogP contribution in [0.15, 0.2) is 39.8 Å². The highest BCUT2D eigenvalue weighted by molar-refractivity contribution is 8.00. The van der Waals surface area contributed by atoms with E-state index in [9.17, 15) is 29.5 Å². The van der Waals surface area contributed by atoms with Crippen molar-refractivity contribution in [3.63, 3.8) is 0 Å². The first-order valence-corrected chi connectivity index (χ1v) is 11.6. The van der Waals surface area contributed by atoms with Gasteiger partial charge in [-0.15, -0.1) is 11.8 Å². The zero-order valence-corrected chi connectivity index (χ0v) is 19.0. The van der Waals surface area contributed by atoms with Crippen molar-refractivity contribution in [3.05, 3.63) is 46.0 Å². The minimum absolute atomic E-state index is 0.0570. The van der Waals surface area contributed by atoms with Gasteiger partial charge >= 0.3 is 5.97 Å². The molecule has 180 valence electrons. The molecule has 5 rings (SSSR count). The Balaban J connectivity index is 1.36. The zero-order chi connectivity index (χ0) is 24.9. The van der Waals surface area contributed by atoms with Crippen molar-refractivity contribution in [3.8, 4) is 0 Å². The normalized spacial score (nSPS) is 20.1. The number of aromatic amines is 1. The summed E-state index contributed by atoms with van der Waals surface area (Å²) in [5, 5.41) is 30.5. The van der Waals surface area contributed by atoms with Gasteiger partial charge in [0.1, 0.15) is 22.6 Å². The third-order valence-electron chi connectivity index (χ3n) is 5.24. The molecule has 1 fully saturated rings. The lowest BCUT2D eigenvalue weighted by Gasteiger charge is -2.49. The first kappa shape index (κ1) is 22.5. The Hall–Kier alpha value is -4.32. The van der Waals surface area contributed by atoms with Crippen molar-refractivity contribution >= 4 is 57.4 Å². The Morgan fingerprint density at radius 1 is 1.40 bits per heavy atom. The number of fused-ring (bicyclic) bond motifs is 2. The Morgan fingerprint density at radius 3 is 2.89 bits per heavy atom. The van der Waals surface area contributed by atoms with Crippen LogP contribution < -0.4 is 21.3 Å². The minimum Gasteiger partial charge on any atom is -0.477 e. The molecular weight excluding hydrogens is 504 g/mol. The van der Waals surface area contributed by atoms with E-state index in [0.717, 1.165) is 16.4 Å². The molecule has 2 aliphatic rings. The number of aliphatic carboxylic acids is 1. The Morgan fingerprint density at radius 2 is 2.20 bits per heavy atom. The summed E-state index contributed by atoms with van der Waals surface area (Å²) in [6.45, 7) is 0.0657. The van der Waals surface area contributed by atoms with E-state index >= 15 is 0 Å². The summed E-state index contributed by atoms with van der Waals surface area (Å²) in [5.41, 5.74) is 5.41. The molecule has 0 bridgehead atoms. The molecule has 2 atom stereocenters. The van der Waals surface area contributed by atoms with Crippen LogP contribution in [0.1, 0.15) is 5.82 Å². The monoisotopic (exact) mass is 519 g/mol. The molecular formula is C17H15N10O6S2+. The van der Waals surface area contributed by atoms with Crippen molar-refractivity contribution in [2.75, 3.05) is 11.5 Å². The molecule has 2 aliphatic heterocycles. The van der Waals surface area contributed by atoms with E-state index < -0.39 is 34.9 Å². The number of thioether (sulfide) groups is 1. The van der Waals surface area contributed by atoms with Crippen molar-refractivity contribution < 1.29 is 29.4 Å². The second-order valence-corrected chi connectivity index (χ2v) is 9.28. The molecule has 5 heterocycles. The van der Waals surface area contributed by atoms with Crippen molar-refractivity contribution in [1.29, 1.82) is 0 Å². The fraction of sp³-hybridized carbons (Fsp3) is 0.235. The first-order valence-electron chi connectivity index (χ1n) is 9.76. The number of nitrogens with one attached hydrogen (secondary N) is 2. The van der Waals surface area contributed by atoms with Crippen LogP contribution >= 0.6 is 23.3 Å². The lowest BCUT2D eigenvalue weighted by atomic mass is 10.0. The van der Waals surface area contributed by atoms with Gasteiger partial charge in [-0.1, -0.05) is 9.84 Å². The number of anilines is 1. The largest absolute Gasteiger partial charge is 0.477 e. The Labute approximate surface area is 201 Å². The molecule has 0 spiro atoms. The van der Waals surface area contributed by atoms with Crippen molar-refractivity contribution in [2.45, 2.75) is 18.0 Å². The van der Waals surface area contributed by atoms with Gasteiger partial charge in [0, 0.05) is 34.0 Å². The number of hydrogen-bond donors (Lipinski definition) is 5. The number of H-pyrrole nitrogens is 1. The van der Waals surface area contributed by atoms with Gasteiger partial charge in [-0.2, -0.15) is 9.36 Å². The average molecular weight is 520 g/mol. The third-order valence-corrected chi connectivity index (χ3v) is 7.12. The van der Waals surface area contributed by atoms with Crippen LogP contribution in [0.3, 0.4) is 0 Å². The number of β-lactam (4-membered cyclic amide) rings is 1. The number of nitrogens with two attached hydrogens (primary N) is 1. The molecule has 3 aromatic heterocycles. The van der Waals surface area contributed by atoms with E-state index in [0.29, 0.717) is 11.1 Å². The van der Waals surface area contributed by atoms with Gasteiger partial charge < -0.3 is 21.4 Å². The fourth-order valence-electron chi connectivity index (χ4n) is 3.74. The quantitative estimate of drug-likeness (QED) is 0.0743. The highest BCUT2D eigenvalue weighted by Gasteiger charge is 2.55. The highest BCUT2D eigenvalue weighted by Crippen LogP contribution is 2.40. The van der Waals surface area contributed by atoms with Gasteiger partial charge in [0.2, 0.25) is 17.7 Å². The van der Waals surface area contributed by atoms with Gasteiger partial charge in [0.15, 0.2) is 18.0 Å². The van der Waals surface area contributed by atoms with Crippen LogP contribution in [-0.2, 0) is 20.9 Å². The number of hydrogen-bond acceptors (Lipinski definition) is 12. The number of oxime groups is 1. The van der Waals surface area contributed by atoms with Crippen LogP contribution in [0, 0.1) is 0 Å². The number of rotatable bonds is 6. The average Bonchev–Trinajstić information content (AvgIpc) is 3.41. The van der Waals surface area contributed by atoms with E-state index in [-0.39, 0.29) is 34.5 Å². The van der Waals surface area contributed by atoms with Crippen LogP contribution in [0.2, 0.25) is 0 Å². The van der Waals surface area contributed by atoms with Crippen LogP contribution in [0.4, 0.5) is 5.13 Å². The molecule has 0 radical (unpaired) electrons. The van der Waals surface area contributed by atoms with Gasteiger partial charge in [-0.25, -0.2) is 9.31 Å². The molecule has 0 aliphatic carbocycles. The molecule has 1 saturated heterocycles. The summed E-state index contributed by atoms with van der Waals surface area (Å²) < 4.78 is 6.68. The molecule has 0 saturated carbocycles. The van der Waals surface area contributed by atoms with E-state index in [4.69, 9.17) is 5.73 Å². The maximum Gasteiger partial charge on any atom is 0.352 e. The van der Waals surface area contributed by atoms with Crippen molar-refractivity contribution in [2.24, 2.45) is 5.16 Å². The topological polar surface area (TPSA) is 225 Å². The summed E-state index contributed by atoms with van der Waals surface area (Å²) in [6.07, 6.45) is 2.94. The van der Waals surface area contributed by atoms with Crippen LogP contribution in [0.5, 0.6) is 0 Å². The summed E-state index contributed by atoms with van der Waals surface area (Å²) >= 11 is 2.05. The number of carbonyl (C=O) groups is 3. The SMILES string of the molecule is Nc1nc(/C(=N/O)C(=O)NC2C(=O)N3C(C(=O)O)=C(C[n+]4cc5cc(=O)[nH]n5cn4)CSC23)ns1. The van der Waals surface area contributed by atoms with Gasteiger partial charge in [-0.3, -0.25) is 24.4 Å². The van der Waals surface area contributed by atoms with Crippen LogP contribution in [0.25, 0.3) is 5.52 Å². The Kier molecular flexibility index (Phi) is 5.44. The van der Waals surface area contributed by atoms with Gasteiger partial charge in [-0.05, 0) is 0 Å². The summed E-state index contributed by atoms with van der Waals surface area (Å²) in [7, 11) is 0. The lowest BCUT2D eigenvalue weighted by Crippen LogP contribution is -2.71. The zero-order valence-electron chi connectivity index (χ0n) is 17.4. The fourth-order valence-corrected chi connectivity index (χ4v) is 5.51. The molecule has 2 amide bonds. The maximum absolute atomic E-state index is 12.9. The summed E-state index contributed by atoms with van der Waals surface area (Å²) in [6, 6.07) is 0.312. The van der Waals surface area contributed by atoms with E-state index in [1.54, 1.807) is 6.20 Å². The molecule has 3 aromatic rings. The van der Waals surface area contributed by atoms with E-state index in [2.05, 4.69) is 30.0 Å². The predicted molar refractivity (Wildman–Crippen MR) is 118 cm³/mol. The number of nitrogens with zero attached hydrogens (tertiary/aromatic N) is 7. The number of amides is 2. The number of carboxylic acids is 1. The van der Waals surface area contributed by atoms with E-state index in [1.165, 1.54) is 33.4 Å². The predicted octanol–water partition coefficient (Wildman–Crippen LogP) is -2.64. The standard InChI is InChI=1S/C17H14N10O6S2/c18-17-21-12(24-35-17)9(23-33)13(29)20-10-14(30)27-11(16(31)32)6(4-34-15(10)27)2-25-3-7-1-8(28)22-26(7)5-19-25/h1,3,5,10,15H,2,4H2,(H5-,18,20,21,22,24,28,29,31,32,33)/p+1. The Bertz CT molecular complexity index is 1510. The molecule has 6 N–H and O–H groups in total. The number of carbonyl (C=O) groups excluding carboxylic acids is 2. The van der Waals surface area contributed by atoms with Crippen LogP contribution in [-0.4, -0.2) is 79.9 Å². The smallest absolute Gasteiger partial charge is 0.352 e. The molecule has 16 nitrogen and oxygen atoms in total. The van der Waals surface area contributed by atoms with Crippen molar-refractivity contribution in [1.82, 2.24) is 34.3 Å². The molecule has 2 unspecified atom stereocenters. The van der Waals surface area contributed by atoms with E-state index in [1.807, 2.05) is 0 Å². The lowest BCUT2D eigenvalue weighted by molar-refractivity contribution is -0.746. The minimum atomic E-state index is -1.30. The highest BCUT2D eigenvalue weighted by atomic mass is 32.2. The number of carboxylic acid groups (broad SMARTS) is 1. The first-order chi connectivity index (χ1) is 16.8. The summed E-state index contributed by atoms with van der Waals surface area (Å²) in [5.74, 6) is -2.81. The molecule has 18 heteroatoms. The molecule has 35 heavy (non-hydrogen) atoms. The van der Waals surface area contributed by atoms with Gasteiger partial charge in [0.25, 0.3) is 17.4 Å². The van der Waals surface area contributed by atoms with Gasteiger partial charge in [0.05, 0.1) is 0 Å². The molecule has 0 aromatic carbocycles. The second-order valence-electron chi connectivity index (χ2n) is 7.40. The number of nitrogen functional groups attached to an aromatic ring is 1. The summed E-state index contributed by atoms with van der Waals surface area (Å²) in [4.78, 5) is 53.9. The third kappa shape index (κ3) is 3.87. The second kappa shape index (κ2) is 8.47.